The first-order valence-corrected chi connectivity index (χ1v) is 8.94. The number of aromatic amines is 2. The number of rotatable bonds is 4. The van der Waals surface area contributed by atoms with Gasteiger partial charge in [-0.3, -0.25) is 19.4 Å². The van der Waals surface area contributed by atoms with Crippen molar-refractivity contribution in [3.8, 4) is 0 Å². The standard InChI is InChI=1S/C19H22N4O4/c1-2-14-12-22(18(26)15-10-16(24)21-19(27)20-15)9-8-17(25)23(14)11-13-6-4-3-5-7-13/h3-7,10,14H,2,8-9,11-12H2,1H3,(H2,20,21,24,27)/t14-/m1/s1. The number of benzene rings is 1. The van der Waals surface area contributed by atoms with Crippen molar-refractivity contribution in [2.75, 3.05) is 13.1 Å². The van der Waals surface area contributed by atoms with E-state index >= 15 is 0 Å². The molecule has 2 aromatic rings. The Bertz CT molecular complexity index is 906. The van der Waals surface area contributed by atoms with Crippen molar-refractivity contribution in [2.45, 2.75) is 32.4 Å². The summed E-state index contributed by atoms with van der Waals surface area (Å²) < 4.78 is 0. The van der Waals surface area contributed by atoms with E-state index in [1.54, 1.807) is 0 Å². The Morgan fingerprint density at radius 2 is 1.89 bits per heavy atom. The molecular weight excluding hydrogens is 348 g/mol. The van der Waals surface area contributed by atoms with Crippen LogP contribution < -0.4 is 11.2 Å². The molecule has 1 aromatic carbocycles. The molecule has 142 valence electrons. The Hall–Kier alpha value is -3.16. The Labute approximate surface area is 155 Å². The van der Waals surface area contributed by atoms with Crippen LogP contribution in [-0.2, 0) is 11.3 Å². The minimum atomic E-state index is -0.727. The third-order valence-electron chi connectivity index (χ3n) is 4.73. The number of hydrogen-bond donors (Lipinski definition) is 2. The van der Waals surface area contributed by atoms with Crippen LogP contribution in [0.4, 0.5) is 0 Å². The summed E-state index contributed by atoms with van der Waals surface area (Å²) in [4.78, 5) is 56.1. The van der Waals surface area contributed by atoms with E-state index in [0.717, 1.165) is 11.6 Å². The molecule has 2 amide bonds. The van der Waals surface area contributed by atoms with Gasteiger partial charge in [-0.25, -0.2) is 4.79 Å². The van der Waals surface area contributed by atoms with Gasteiger partial charge in [-0.2, -0.15) is 0 Å². The van der Waals surface area contributed by atoms with Gasteiger partial charge in [0.05, 0.1) is 0 Å². The first-order valence-electron chi connectivity index (χ1n) is 8.94. The van der Waals surface area contributed by atoms with Crippen molar-refractivity contribution in [3.63, 3.8) is 0 Å². The fraction of sp³-hybridized carbons (Fsp3) is 0.368. The molecule has 2 N–H and O–H groups in total. The second-order valence-electron chi connectivity index (χ2n) is 6.57. The zero-order chi connectivity index (χ0) is 19.4. The maximum atomic E-state index is 12.8. The van der Waals surface area contributed by atoms with Crippen LogP contribution in [0.5, 0.6) is 0 Å². The van der Waals surface area contributed by atoms with Gasteiger partial charge in [0.15, 0.2) is 0 Å². The smallest absolute Gasteiger partial charge is 0.326 e. The van der Waals surface area contributed by atoms with Gasteiger partial charge in [0.25, 0.3) is 11.5 Å². The van der Waals surface area contributed by atoms with Crippen LogP contribution in [0.15, 0.2) is 46.0 Å². The van der Waals surface area contributed by atoms with E-state index in [2.05, 4.69) is 4.98 Å². The van der Waals surface area contributed by atoms with Crippen LogP contribution in [0.3, 0.4) is 0 Å². The highest BCUT2D eigenvalue weighted by atomic mass is 16.2. The molecule has 3 rings (SSSR count). The summed E-state index contributed by atoms with van der Waals surface area (Å²) in [6.45, 7) is 3.05. The highest BCUT2D eigenvalue weighted by Gasteiger charge is 2.31. The van der Waals surface area contributed by atoms with Crippen LogP contribution in [0.2, 0.25) is 0 Å². The Morgan fingerprint density at radius 3 is 2.56 bits per heavy atom. The van der Waals surface area contributed by atoms with Gasteiger partial charge in [0.2, 0.25) is 5.91 Å². The molecule has 1 aromatic heterocycles. The van der Waals surface area contributed by atoms with Crippen LogP contribution in [0, 0.1) is 0 Å². The van der Waals surface area contributed by atoms with E-state index < -0.39 is 17.2 Å². The average Bonchev–Trinajstić information content (AvgIpc) is 2.81. The molecule has 0 aliphatic carbocycles. The van der Waals surface area contributed by atoms with Gasteiger partial charge in [-0.1, -0.05) is 37.3 Å². The molecule has 1 aliphatic rings. The SMILES string of the molecule is CC[C@@H]1CN(C(=O)c2cc(=O)[nH]c(=O)[nH]2)CCC(=O)N1Cc1ccccc1. The van der Waals surface area contributed by atoms with Crippen molar-refractivity contribution < 1.29 is 9.59 Å². The zero-order valence-corrected chi connectivity index (χ0v) is 15.1. The molecule has 8 nitrogen and oxygen atoms in total. The summed E-state index contributed by atoms with van der Waals surface area (Å²) in [6, 6.07) is 10.6. The number of carbonyl (C=O) groups is 2. The molecule has 0 spiro atoms. The van der Waals surface area contributed by atoms with Gasteiger partial charge >= 0.3 is 5.69 Å². The zero-order valence-electron chi connectivity index (χ0n) is 15.1. The van der Waals surface area contributed by atoms with E-state index in [1.807, 2.05) is 47.1 Å². The fourth-order valence-electron chi connectivity index (χ4n) is 3.31. The number of H-pyrrole nitrogens is 2. The van der Waals surface area contributed by atoms with Crippen molar-refractivity contribution in [3.05, 3.63) is 68.5 Å². The summed E-state index contributed by atoms with van der Waals surface area (Å²) in [5, 5.41) is 0. The molecule has 1 fully saturated rings. The van der Waals surface area contributed by atoms with E-state index in [0.29, 0.717) is 19.5 Å². The maximum absolute atomic E-state index is 12.8. The Kier molecular flexibility index (Phi) is 5.54. The predicted octanol–water partition coefficient (Wildman–Crippen LogP) is 0.717. The van der Waals surface area contributed by atoms with Gasteiger partial charge in [0, 0.05) is 38.2 Å². The van der Waals surface area contributed by atoms with Gasteiger partial charge in [-0.05, 0) is 12.0 Å². The largest absolute Gasteiger partial charge is 0.335 e. The quantitative estimate of drug-likeness (QED) is 0.827. The summed E-state index contributed by atoms with van der Waals surface area (Å²) in [5.74, 6) is -0.466. The lowest BCUT2D eigenvalue weighted by atomic mass is 10.1. The Balaban J connectivity index is 1.82. The topological polar surface area (TPSA) is 106 Å². The van der Waals surface area contributed by atoms with Crippen molar-refractivity contribution in [1.29, 1.82) is 0 Å². The lowest BCUT2D eigenvalue weighted by Gasteiger charge is -2.31. The number of carbonyl (C=O) groups excluding carboxylic acids is 2. The number of nitrogens with one attached hydrogen (secondary N) is 2. The predicted molar refractivity (Wildman–Crippen MR) is 99.3 cm³/mol. The highest BCUT2D eigenvalue weighted by molar-refractivity contribution is 5.92. The molecular formula is C19H22N4O4. The minimum absolute atomic E-state index is 0.0135. The molecule has 0 radical (unpaired) electrons. The third kappa shape index (κ3) is 4.33. The van der Waals surface area contributed by atoms with Gasteiger partial charge in [-0.15, -0.1) is 0 Å². The van der Waals surface area contributed by atoms with Gasteiger partial charge < -0.3 is 14.8 Å². The molecule has 8 heteroatoms. The van der Waals surface area contributed by atoms with Crippen molar-refractivity contribution in [2.24, 2.45) is 0 Å². The van der Waals surface area contributed by atoms with E-state index in [9.17, 15) is 19.2 Å². The van der Waals surface area contributed by atoms with E-state index in [4.69, 9.17) is 0 Å². The third-order valence-corrected chi connectivity index (χ3v) is 4.73. The first kappa shape index (κ1) is 18.6. The summed E-state index contributed by atoms with van der Waals surface area (Å²) >= 11 is 0. The molecule has 0 unspecified atom stereocenters. The normalized spacial score (nSPS) is 17.7. The first-order chi connectivity index (χ1) is 13.0. The van der Waals surface area contributed by atoms with Crippen molar-refractivity contribution >= 4 is 11.8 Å². The number of nitrogens with zero attached hydrogens (tertiary/aromatic N) is 2. The number of aromatic nitrogens is 2. The van der Waals surface area contributed by atoms with Crippen LogP contribution in [-0.4, -0.2) is 50.7 Å². The van der Waals surface area contributed by atoms with Crippen LogP contribution in [0.1, 0.15) is 35.8 Å². The summed E-state index contributed by atoms with van der Waals surface area (Å²) in [7, 11) is 0. The lowest BCUT2D eigenvalue weighted by Crippen LogP contribution is -2.44. The molecule has 1 atom stereocenters. The lowest BCUT2D eigenvalue weighted by molar-refractivity contribution is -0.133. The average molecular weight is 370 g/mol. The monoisotopic (exact) mass is 370 g/mol. The fourth-order valence-corrected chi connectivity index (χ4v) is 3.31. The van der Waals surface area contributed by atoms with Gasteiger partial charge in [0.1, 0.15) is 5.69 Å². The van der Waals surface area contributed by atoms with Crippen molar-refractivity contribution in [1.82, 2.24) is 19.8 Å². The van der Waals surface area contributed by atoms with E-state index in [1.165, 1.54) is 4.90 Å². The maximum Gasteiger partial charge on any atom is 0.326 e. The molecule has 0 saturated carbocycles. The summed E-state index contributed by atoms with van der Waals surface area (Å²) in [6.07, 6.45) is 0.886. The minimum Gasteiger partial charge on any atom is -0.335 e. The molecule has 2 heterocycles. The second kappa shape index (κ2) is 8.03. The number of hydrogen-bond acceptors (Lipinski definition) is 4. The summed E-state index contributed by atoms with van der Waals surface area (Å²) in [5.41, 5.74) is -0.397. The van der Waals surface area contributed by atoms with Crippen LogP contribution >= 0.6 is 0 Å². The molecule has 1 aliphatic heterocycles. The molecule has 0 bridgehead atoms. The van der Waals surface area contributed by atoms with Crippen LogP contribution in [0.25, 0.3) is 0 Å². The Morgan fingerprint density at radius 1 is 1.15 bits per heavy atom. The second-order valence-corrected chi connectivity index (χ2v) is 6.57. The number of amides is 2. The van der Waals surface area contributed by atoms with E-state index in [-0.39, 0.29) is 30.6 Å². The molecule has 1 saturated heterocycles. The highest BCUT2D eigenvalue weighted by Crippen LogP contribution is 2.18. The molecule has 27 heavy (non-hydrogen) atoms.